The Morgan fingerprint density at radius 1 is 0.729 bits per heavy atom. The first-order valence-electron chi connectivity index (χ1n) is 21.1. The molecule has 10 fully saturated rings. The summed E-state index contributed by atoms with van der Waals surface area (Å²) >= 11 is 0. The van der Waals surface area contributed by atoms with E-state index >= 15 is 0 Å². The lowest BCUT2D eigenvalue weighted by Crippen LogP contribution is -2.65. The van der Waals surface area contributed by atoms with E-state index < -0.39 is 0 Å². The summed E-state index contributed by atoms with van der Waals surface area (Å²) in [5, 5.41) is 0. The van der Waals surface area contributed by atoms with E-state index in [9.17, 15) is 0 Å². The zero-order chi connectivity index (χ0) is 32.1. The third-order valence-electron chi connectivity index (χ3n) is 20.6. The number of benzene rings is 1. The Morgan fingerprint density at radius 2 is 1.54 bits per heavy atom. The predicted octanol–water partition coefficient (Wildman–Crippen LogP) is 11.5. The smallest absolute Gasteiger partial charge is 0.0749 e. The van der Waals surface area contributed by atoms with Gasteiger partial charge in [0.1, 0.15) is 0 Å². The highest BCUT2D eigenvalue weighted by atomic mass is 14.8. The molecule has 0 radical (unpaired) electrons. The van der Waals surface area contributed by atoms with Gasteiger partial charge in [-0.05, 0) is 204 Å². The minimum Gasteiger partial charge on any atom is -0.256 e. The van der Waals surface area contributed by atoms with Crippen LogP contribution in [0.3, 0.4) is 0 Å². The Bertz CT molecular complexity index is 1850. The van der Waals surface area contributed by atoms with Crippen molar-refractivity contribution in [1.82, 2.24) is 4.98 Å². The largest absolute Gasteiger partial charge is 0.256 e. The second kappa shape index (κ2) is 7.89. The van der Waals surface area contributed by atoms with Gasteiger partial charge in [-0.2, -0.15) is 0 Å². The number of nitrogens with zero attached hydrogens (tertiary/aromatic N) is 1. The molecule has 1 aromatic carbocycles. The number of rotatable bonds is 2. The van der Waals surface area contributed by atoms with Crippen molar-refractivity contribution >= 4 is 0 Å². The first-order valence-corrected chi connectivity index (χ1v) is 21.1. The zero-order valence-corrected chi connectivity index (χ0v) is 30.9. The van der Waals surface area contributed by atoms with Crippen molar-refractivity contribution in [1.29, 1.82) is 0 Å². The van der Waals surface area contributed by atoms with E-state index in [0.29, 0.717) is 27.1 Å². The minimum atomic E-state index is 0.197. The van der Waals surface area contributed by atoms with Crippen LogP contribution in [-0.4, -0.2) is 4.98 Å². The highest BCUT2D eigenvalue weighted by molar-refractivity contribution is 5.84. The van der Waals surface area contributed by atoms with Gasteiger partial charge in [0.15, 0.2) is 0 Å². The average molecular weight is 638 g/mol. The van der Waals surface area contributed by atoms with Crippen LogP contribution in [0.15, 0.2) is 18.3 Å². The molecule has 1 heteroatoms. The van der Waals surface area contributed by atoms with E-state index in [1.54, 1.807) is 17.5 Å². The number of fused-ring (bicyclic) bond motifs is 8. The molecule has 15 aliphatic rings. The number of hydrogen-bond donors (Lipinski definition) is 0. The van der Waals surface area contributed by atoms with E-state index in [1.807, 2.05) is 27.8 Å². The maximum Gasteiger partial charge on any atom is 0.0749 e. The highest BCUT2D eigenvalue weighted by Gasteiger charge is 2.74. The third kappa shape index (κ3) is 2.68. The molecule has 10 bridgehead atoms. The highest BCUT2D eigenvalue weighted by Crippen LogP contribution is 2.82. The molecule has 0 aliphatic heterocycles. The fraction of sp³-hybridized carbons (Fsp3) is 0.766. The maximum absolute atomic E-state index is 5.78. The summed E-state index contributed by atoms with van der Waals surface area (Å²) in [6.45, 7) is 15.8. The van der Waals surface area contributed by atoms with E-state index in [1.165, 1.54) is 89.2 Å². The number of aromatic nitrogens is 1. The molecule has 10 atom stereocenters. The second-order valence-corrected chi connectivity index (χ2v) is 22.9. The normalized spacial score (nSPS) is 51.5. The van der Waals surface area contributed by atoms with Gasteiger partial charge < -0.3 is 0 Å². The van der Waals surface area contributed by atoms with E-state index in [2.05, 4.69) is 59.9 Å². The van der Waals surface area contributed by atoms with Gasteiger partial charge >= 0.3 is 0 Å². The monoisotopic (exact) mass is 637 g/mol. The van der Waals surface area contributed by atoms with Crippen LogP contribution in [0.5, 0.6) is 0 Å². The molecule has 1 aromatic heterocycles. The van der Waals surface area contributed by atoms with Crippen LogP contribution in [0.2, 0.25) is 0 Å². The van der Waals surface area contributed by atoms with Crippen molar-refractivity contribution in [3.8, 4) is 11.3 Å². The van der Waals surface area contributed by atoms with Gasteiger partial charge in [-0.15, -0.1) is 0 Å². The van der Waals surface area contributed by atoms with Gasteiger partial charge in [0.2, 0.25) is 0 Å². The predicted molar refractivity (Wildman–Crippen MR) is 193 cm³/mol. The van der Waals surface area contributed by atoms with Crippen molar-refractivity contribution < 1.29 is 0 Å². The van der Waals surface area contributed by atoms with E-state index in [-0.39, 0.29) is 5.41 Å². The Labute approximate surface area is 290 Å². The summed E-state index contributed by atoms with van der Waals surface area (Å²) in [5.41, 5.74) is 17.2. The molecule has 1 heterocycles. The molecule has 2 spiro atoms. The summed E-state index contributed by atoms with van der Waals surface area (Å²) in [6, 6.07) is 5.49. The number of hydrogen-bond acceptors (Lipinski definition) is 1. The van der Waals surface area contributed by atoms with Gasteiger partial charge in [-0.25, -0.2) is 0 Å². The molecule has 2 aromatic rings. The standard InChI is InChI=1S/C47H59N/c1-42(2)19-25-13-26(20-42)38(25)47(33-9-7-28-15-36(33)43(28,3)4)39-30(41-40(47)31-14-29-16-35(44(29,5)6)32(31)23-48-41)8-10-34-37(39)27-21-45(22-27)17-24-11-12-46(34,45)18-24/h8,10,23-29,33,35-36,38H,7,9,11-22H2,1-6H3. The minimum absolute atomic E-state index is 0.197. The number of pyridine rings is 1. The molecular weight excluding hydrogens is 579 g/mol. The molecule has 10 saturated carbocycles. The van der Waals surface area contributed by atoms with Crippen LogP contribution in [0.1, 0.15) is 170 Å². The summed E-state index contributed by atoms with van der Waals surface area (Å²) in [4.78, 5) is 5.78. The average Bonchev–Trinajstić information content (AvgIpc) is 3.71. The first kappa shape index (κ1) is 28.0. The zero-order valence-electron chi connectivity index (χ0n) is 30.9. The van der Waals surface area contributed by atoms with Crippen molar-refractivity contribution in [2.45, 2.75) is 154 Å². The summed E-state index contributed by atoms with van der Waals surface area (Å²) in [6.07, 6.45) is 23.2. The molecule has 0 amide bonds. The molecular formula is C47H59N. The molecule has 48 heavy (non-hydrogen) atoms. The second-order valence-electron chi connectivity index (χ2n) is 22.9. The molecule has 0 N–H and O–H groups in total. The molecule has 17 rings (SSSR count). The lowest BCUT2D eigenvalue weighted by atomic mass is 9.33. The van der Waals surface area contributed by atoms with Crippen LogP contribution in [-0.2, 0) is 17.3 Å². The Hall–Kier alpha value is -1.63. The molecule has 252 valence electrons. The van der Waals surface area contributed by atoms with Crippen molar-refractivity contribution in [2.24, 2.45) is 69.0 Å². The summed E-state index contributed by atoms with van der Waals surface area (Å²) in [7, 11) is 0. The first-order chi connectivity index (χ1) is 22.9. The van der Waals surface area contributed by atoms with E-state index in [4.69, 9.17) is 4.98 Å². The Balaban J connectivity index is 1.14. The molecule has 0 saturated heterocycles. The van der Waals surface area contributed by atoms with Gasteiger partial charge in [0, 0.05) is 22.6 Å². The Morgan fingerprint density at radius 3 is 2.27 bits per heavy atom. The topological polar surface area (TPSA) is 12.9 Å². The van der Waals surface area contributed by atoms with Crippen LogP contribution in [0, 0.1) is 69.0 Å². The van der Waals surface area contributed by atoms with Crippen molar-refractivity contribution in [3.63, 3.8) is 0 Å². The lowest BCUT2D eigenvalue weighted by molar-refractivity contribution is -0.166. The summed E-state index contributed by atoms with van der Waals surface area (Å²) < 4.78 is 0. The maximum atomic E-state index is 5.78. The lowest BCUT2D eigenvalue weighted by Gasteiger charge is -2.71. The van der Waals surface area contributed by atoms with Gasteiger partial charge in [0.25, 0.3) is 0 Å². The molecule has 1 nitrogen and oxygen atoms in total. The van der Waals surface area contributed by atoms with Crippen LogP contribution >= 0.6 is 0 Å². The Kier molecular flexibility index (Phi) is 4.61. The third-order valence-corrected chi connectivity index (χ3v) is 20.6. The van der Waals surface area contributed by atoms with Crippen molar-refractivity contribution in [2.75, 3.05) is 0 Å². The fourth-order valence-electron chi connectivity index (χ4n) is 18.7. The van der Waals surface area contributed by atoms with Gasteiger partial charge in [-0.3, -0.25) is 4.98 Å². The molecule has 15 aliphatic carbocycles. The SMILES string of the molecule is CC1(C)CC2CC(C1)C2C1(C2CCC3CC2C3(C)C)c2c(ncc3c2CC2CC3C2(C)C)-c2ccc3c(c21)C1CC2(CC4CCC32C4)C1. The van der Waals surface area contributed by atoms with Gasteiger partial charge in [0.05, 0.1) is 5.69 Å². The van der Waals surface area contributed by atoms with Crippen LogP contribution < -0.4 is 0 Å². The van der Waals surface area contributed by atoms with Gasteiger partial charge in [-0.1, -0.05) is 53.7 Å². The molecule has 10 unspecified atom stereocenters. The summed E-state index contributed by atoms with van der Waals surface area (Å²) in [5.74, 6) is 8.64. The quantitative estimate of drug-likeness (QED) is 0.319. The van der Waals surface area contributed by atoms with Crippen LogP contribution in [0.25, 0.3) is 11.3 Å². The van der Waals surface area contributed by atoms with Crippen LogP contribution in [0.4, 0.5) is 0 Å². The van der Waals surface area contributed by atoms with Crippen molar-refractivity contribution in [3.05, 3.63) is 51.7 Å². The fourth-order valence-corrected chi connectivity index (χ4v) is 18.7. The van der Waals surface area contributed by atoms with E-state index in [0.717, 1.165) is 59.2 Å².